The zero-order valence-corrected chi connectivity index (χ0v) is 25.2. The molecule has 3 aromatic rings. The molecular weight excluding hydrogens is 576 g/mol. The van der Waals surface area contributed by atoms with E-state index in [0.29, 0.717) is 28.5 Å². The number of carbonyl (C=O) groups excluding carboxylic acids is 4. The van der Waals surface area contributed by atoms with Gasteiger partial charge >= 0.3 is 12.0 Å². The van der Waals surface area contributed by atoms with Crippen molar-refractivity contribution in [1.82, 2.24) is 5.32 Å². The number of methoxy groups -OCH3 is 2. The first kappa shape index (κ1) is 28.9. The van der Waals surface area contributed by atoms with Gasteiger partial charge in [0.05, 0.1) is 19.9 Å². The van der Waals surface area contributed by atoms with Crippen LogP contribution in [0, 0.1) is 17.8 Å². The number of rotatable bonds is 8. The van der Waals surface area contributed by atoms with Crippen molar-refractivity contribution in [2.75, 3.05) is 19.1 Å². The molecule has 1 N–H and O–H groups in total. The fourth-order valence-electron chi connectivity index (χ4n) is 8.19. The fraction of sp³-hybridized carbons (Fsp3) is 0.371. The molecule has 10 heteroatoms. The van der Waals surface area contributed by atoms with E-state index in [2.05, 4.69) is 22.2 Å². The van der Waals surface area contributed by atoms with Crippen molar-refractivity contribution in [3.8, 4) is 11.5 Å². The van der Waals surface area contributed by atoms with Crippen LogP contribution in [0.15, 0.2) is 64.6 Å². The van der Waals surface area contributed by atoms with Crippen LogP contribution < -0.4 is 19.7 Å². The maximum absolute atomic E-state index is 13.6. The summed E-state index contributed by atoms with van der Waals surface area (Å²) >= 11 is 0. The van der Waals surface area contributed by atoms with Crippen molar-refractivity contribution in [2.24, 2.45) is 17.8 Å². The summed E-state index contributed by atoms with van der Waals surface area (Å²) in [5.74, 6) is 1.55. The van der Waals surface area contributed by atoms with Crippen LogP contribution in [-0.4, -0.2) is 38.0 Å². The topological polar surface area (TPSA) is 124 Å². The van der Waals surface area contributed by atoms with Crippen LogP contribution in [-0.2, 0) is 26.3 Å². The number of amides is 4. The Morgan fingerprint density at radius 3 is 2.27 bits per heavy atom. The third-order valence-corrected chi connectivity index (χ3v) is 9.79. The largest absolute Gasteiger partial charge is 0.493 e. The van der Waals surface area contributed by atoms with Gasteiger partial charge in [-0.15, -0.1) is 0 Å². The summed E-state index contributed by atoms with van der Waals surface area (Å²) in [4.78, 5) is 51.9. The standard InChI is InChI=1S/C35H34N2O8/c1-42-30-15-20(3-9-28(30)44-19-26-8-10-29(45-26)33(40)43-2)14-27-31(38)36-34(41)37(32(27)39)25-6-4-24(5-7-25)35-16-21-11-22(17-35)13-23(12-21)18-35/h3-10,14-15,21-23H,11-13,16-19H2,1-2H3,(H,36,38,41)/b27-14-. The lowest BCUT2D eigenvalue weighted by Crippen LogP contribution is -2.54. The average Bonchev–Trinajstić information content (AvgIpc) is 3.50. The van der Waals surface area contributed by atoms with E-state index in [1.165, 1.54) is 70.5 Å². The molecule has 4 saturated carbocycles. The number of nitrogens with one attached hydrogen (secondary N) is 1. The molecule has 1 saturated heterocycles. The summed E-state index contributed by atoms with van der Waals surface area (Å²) in [7, 11) is 2.73. The van der Waals surface area contributed by atoms with Crippen LogP contribution in [0.3, 0.4) is 0 Å². The maximum atomic E-state index is 13.6. The molecule has 8 rings (SSSR count). The van der Waals surface area contributed by atoms with E-state index in [1.807, 2.05) is 12.1 Å². The molecule has 4 amide bonds. The molecule has 4 bridgehead atoms. The summed E-state index contributed by atoms with van der Waals surface area (Å²) in [5, 5.41) is 2.30. The number of benzene rings is 2. The van der Waals surface area contributed by atoms with Gasteiger partial charge in [0.15, 0.2) is 11.5 Å². The zero-order chi connectivity index (χ0) is 31.3. The molecule has 1 aromatic heterocycles. The molecule has 1 aliphatic heterocycles. The molecule has 232 valence electrons. The van der Waals surface area contributed by atoms with Gasteiger partial charge in [0.1, 0.15) is 17.9 Å². The van der Waals surface area contributed by atoms with Gasteiger partial charge in [-0.05, 0) is 115 Å². The van der Waals surface area contributed by atoms with E-state index in [4.69, 9.17) is 13.9 Å². The first-order chi connectivity index (χ1) is 21.7. The quantitative estimate of drug-likeness (QED) is 0.193. The van der Waals surface area contributed by atoms with E-state index in [9.17, 15) is 19.2 Å². The Morgan fingerprint density at radius 1 is 0.933 bits per heavy atom. The maximum Gasteiger partial charge on any atom is 0.373 e. The Balaban J connectivity index is 1.09. The van der Waals surface area contributed by atoms with Crippen LogP contribution in [0.1, 0.15) is 66.0 Å². The molecule has 0 atom stereocenters. The van der Waals surface area contributed by atoms with Gasteiger partial charge in [-0.1, -0.05) is 18.2 Å². The first-order valence-electron chi connectivity index (χ1n) is 15.2. The van der Waals surface area contributed by atoms with Crippen molar-refractivity contribution < 1.29 is 37.8 Å². The van der Waals surface area contributed by atoms with Gasteiger partial charge < -0.3 is 18.6 Å². The summed E-state index contributed by atoms with van der Waals surface area (Å²) in [6, 6.07) is 15.0. The highest BCUT2D eigenvalue weighted by Crippen LogP contribution is 2.60. The van der Waals surface area contributed by atoms with Crippen molar-refractivity contribution >= 4 is 35.6 Å². The molecule has 4 aliphatic carbocycles. The van der Waals surface area contributed by atoms with Crippen LogP contribution >= 0.6 is 0 Å². The van der Waals surface area contributed by atoms with Gasteiger partial charge in [-0.2, -0.15) is 0 Å². The van der Waals surface area contributed by atoms with Gasteiger partial charge in [-0.25, -0.2) is 14.5 Å². The van der Waals surface area contributed by atoms with E-state index in [-0.39, 0.29) is 23.4 Å². The number of barbiturate groups is 1. The normalized spacial score (nSPS) is 26.3. The number of furan rings is 1. The zero-order valence-electron chi connectivity index (χ0n) is 25.2. The second-order valence-corrected chi connectivity index (χ2v) is 12.7. The number of esters is 1. The summed E-state index contributed by atoms with van der Waals surface area (Å²) < 4.78 is 21.4. The first-order valence-corrected chi connectivity index (χ1v) is 15.2. The number of ether oxygens (including phenoxy) is 3. The van der Waals surface area contributed by atoms with E-state index in [0.717, 1.165) is 22.7 Å². The van der Waals surface area contributed by atoms with E-state index >= 15 is 0 Å². The van der Waals surface area contributed by atoms with Crippen LogP contribution in [0.2, 0.25) is 0 Å². The molecule has 45 heavy (non-hydrogen) atoms. The highest BCUT2D eigenvalue weighted by molar-refractivity contribution is 6.39. The Hall–Kier alpha value is -4.86. The lowest BCUT2D eigenvalue weighted by Gasteiger charge is -2.57. The molecule has 5 fully saturated rings. The Bertz CT molecular complexity index is 1680. The third kappa shape index (κ3) is 5.28. The van der Waals surface area contributed by atoms with Crippen molar-refractivity contribution in [1.29, 1.82) is 0 Å². The van der Waals surface area contributed by atoms with Gasteiger partial charge in [0.25, 0.3) is 11.8 Å². The molecule has 0 radical (unpaired) electrons. The number of hydrogen-bond donors (Lipinski definition) is 1. The number of nitrogens with zero attached hydrogens (tertiary/aromatic N) is 1. The van der Waals surface area contributed by atoms with E-state index < -0.39 is 23.8 Å². The minimum absolute atomic E-state index is 0.0212. The lowest BCUT2D eigenvalue weighted by molar-refractivity contribution is -0.122. The van der Waals surface area contributed by atoms with Gasteiger partial charge in [-0.3, -0.25) is 14.9 Å². The molecule has 10 nitrogen and oxygen atoms in total. The van der Waals surface area contributed by atoms with Gasteiger partial charge in [0.2, 0.25) is 5.76 Å². The molecular formula is C35H34N2O8. The Morgan fingerprint density at radius 2 is 1.62 bits per heavy atom. The molecule has 0 unspecified atom stereocenters. The van der Waals surface area contributed by atoms with Crippen LogP contribution in [0.5, 0.6) is 11.5 Å². The molecule has 0 spiro atoms. The highest BCUT2D eigenvalue weighted by Gasteiger charge is 2.51. The van der Waals surface area contributed by atoms with Crippen molar-refractivity contribution in [3.05, 3.63) is 82.8 Å². The predicted molar refractivity (Wildman–Crippen MR) is 163 cm³/mol. The second kappa shape index (κ2) is 11.3. The average molecular weight is 611 g/mol. The Labute approximate surface area is 260 Å². The van der Waals surface area contributed by atoms with Crippen LogP contribution in [0.4, 0.5) is 10.5 Å². The smallest absolute Gasteiger partial charge is 0.373 e. The van der Waals surface area contributed by atoms with Gasteiger partial charge in [0, 0.05) is 0 Å². The number of hydrogen-bond acceptors (Lipinski definition) is 8. The number of urea groups is 1. The Kier molecular flexibility index (Phi) is 7.22. The minimum atomic E-state index is -0.778. The summed E-state index contributed by atoms with van der Waals surface area (Å²) in [6.45, 7) is 0.0212. The fourth-order valence-corrected chi connectivity index (χ4v) is 8.19. The predicted octanol–water partition coefficient (Wildman–Crippen LogP) is 5.79. The second-order valence-electron chi connectivity index (χ2n) is 12.7. The highest BCUT2D eigenvalue weighted by atomic mass is 16.5. The van der Waals surface area contributed by atoms with Crippen molar-refractivity contribution in [2.45, 2.75) is 50.5 Å². The van der Waals surface area contributed by atoms with Crippen molar-refractivity contribution in [3.63, 3.8) is 0 Å². The summed E-state index contributed by atoms with van der Waals surface area (Å²) in [6.07, 6.45) is 9.14. The monoisotopic (exact) mass is 610 g/mol. The summed E-state index contributed by atoms with van der Waals surface area (Å²) in [5.41, 5.74) is 2.21. The molecule has 2 aromatic carbocycles. The SMILES string of the molecule is COC(=O)c1ccc(COc2ccc(/C=C3/C(=O)NC(=O)N(c4ccc(C56CC7CC(CC(C7)C5)C6)cc4)C3=O)cc2OC)o1. The number of anilines is 1. The number of imide groups is 2. The molecule has 5 aliphatic rings. The number of carbonyl (C=O) groups is 4. The van der Waals surface area contributed by atoms with E-state index in [1.54, 1.807) is 24.3 Å². The minimum Gasteiger partial charge on any atom is -0.493 e. The van der Waals surface area contributed by atoms with Crippen LogP contribution in [0.25, 0.3) is 6.08 Å². The molecule has 2 heterocycles. The third-order valence-electron chi connectivity index (χ3n) is 9.79. The lowest BCUT2D eigenvalue weighted by atomic mass is 9.48.